The van der Waals surface area contributed by atoms with Crippen molar-refractivity contribution in [1.29, 1.82) is 0 Å². The van der Waals surface area contributed by atoms with Crippen molar-refractivity contribution in [2.75, 3.05) is 34.4 Å². The average molecular weight is 377 g/mol. The molecule has 3 N–H and O–H groups in total. The molecular formula is C16H32N2O6Si. The number of rotatable bonds is 12. The molecule has 0 saturated heterocycles. The number of hydrogen-bond acceptors (Lipinski definition) is 5. The van der Waals surface area contributed by atoms with Gasteiger partial charge in [-0.05, 0) is 25.2 Å². The Morgan fingerprint density at radius 3 is 2.16 bits per heavy atom. The summed E-state index contributed by atoms with van der Waals surface area (Å²) in [6.07, 6.45) is 2.82. The molecule has 0 aliphatic carbocycles. The van der Waals surface area contributed by atoms with Crippen molar-refractivity contribution in [2.45, 2.75) is 39.7 Å². The molecule has 146 valence electrons. The summed E-state index contributed by atoms with van der Waals surface area (Å²) >= 11 is 0. The Bertz CT molecular complexity index is 455. The molecule has 0 bridgehead atoms. The lowest BCUT2D eigenvalue weighted by Crippen LogP contribution is -2.45. The maximum atomic E-state index is 11.8. The van der Waals surface area contributed by atoms with Gasteiger partial charge in [0, 0.05) is 46.0 Å². The third-order valence-corrected chi connectivity index (χ3v) is 6.71. The number of hydrogen-bond donors (Lipinski definition) is 3. The van der Waals surface area contributed by atoms with Crippen molar-refractivity contribution in [2.24, 2.45) is 5.41 Å². The maximum Gasteiger partial charge on any atom is 0.500 e. The summed E-state index contributed by atoms with van der Waals surface area (Å²) in [5, 5.41) is 14.3. The zero-order chi connectivity index (χ0) is 19.5. The molecule has 0 radical (unpaired) electrons. The molecule has 0 atom stereocenters. The van der Waals surface area contributed by atoms with Crippen LogP contribution in [-0.4, -0.2) is 60.3 Å². The van der Waals surface area contributed by atoms with Gasteiger partial charge in [0.25, 0.3) is 0 Å². The minimum Gasteiger partial charge on any atom is -0.478 e. The molecule has 2 amide bonds. The normalized spacial score (nSPS) is 12.8. The average Bonchev–Trinajstić information content (AvgIpc) is 2.58. The molecular weight excluding hydrogens is 344 g/mol. The van der Waals surface area contributed by atoms with Crippen LogP contribution in [0.25, 0.3) is 0 Å². The van der Waals surface area contributed by atoms with Gasteiger partial charge < -0.3 is 29.0 Å². The topological polar surface area (TPSA) is 106 Å². The highest BCUT2D eigenvalue weighted by atomic mass is 28.4. The summed E-state index contributed by atoms with van der Waals surface area (Å²) in [6, 6.07) is 0.384. The first-order valence-corrected chi connectivity index (χ1v) is 10.1. The third kappa shape index (κ3) is 9.59. The van der Waals surface area contributed by atoms with Crippen LogP contribution in [0.4, 0.5) is 4.79 Å². The molecule has 0 rings (SSSR count). The number of aliphatic carboxylic acids is 1. The van der Waals surface area contributed by atoms with Gasteiger partial charge in [0.15, 0.2) is 0 Å². The van der Waals surface area contributed by atoms with Crippen LogP contribution in [0, 0.1) is 5.41 Å². The first-order chi connectivity index (χ1) is 11.6. The molecule has 0 spiro atoms. The van der Waals surface area contributed by atoms with E-state index in [0.717, 1.165) is 6.42 Å². The lowest BCUT2D eigenvalue weighted by Gasteiger charge is -2.30. The van der Waals surface area contributed by atoms with Crippen LogP contribution in [0.2, 0.25) is 6.04 Å². The zero-order valence-corrected chi connectivity index (χ0v) is 17.1. The Morgan fingerprint density at radius 2 is 1.68 bits per heavy atom. The van der Waals surface area contributed by atoms with Crippen LogP contribution in [0.3, 0.4) is 0 Å². The quantitative estimate of drug-likeness (QED) is 0.273. The van der Waals surface area contributed by atoms with Crippen LogP contribution >= 0.6 is 0 Å². The summed E-state index contributed by atoms with van der Waals surface area (Å²) < 4.78 is 16.2. The molecule has 0 heterocycles. The first-order valence-electron chi connectivity index (χ1n) is 8.18. The Balaban J connectivity index is 4.21. The van der Waals surface area contributed by atoms with Crippen molar-refractivity contribution in [3.8, 4) is 0 Å². The molecule has 0 aromatic rings. The van der Waals surface area contributed by atoms with E-state index < -0.39 is 14.8 Å². The predicted molar refractivity (Wildman–Crippen MR) is 97.4 cm³/mol. The van der Waals surface area contributed by atoms with E-state index in [-0.39, 0.29) is 17.0 Å². The van der Waals surface area contributed by atoms with Crippen LogP contribution in [0.5, 0.6) is 0 Å². The highest BCUT2D eigenvalue weighted by Crippen LogP contribution is 2.27. The lowest BCUT2D eigenvalue weighted by molar-refractivity contribution is -0.132. The first kappa shape index (κ1) is 23.6. The number of urea groups is 1. The maximum absolute atomic E-state index is 11.8. The molecule has 0 unspecified atom stereocenters. The van der Waals surface area contributed by atoms with E-state index in [1.807, 2.05) is 13.8 Å². The predicted octanol–water partition coefficient (Wildman–Crippen LogP) is 2.00. The minimum atomic E-state index is -2.61. The molecule has 0 aromatic carbocycles. The van der Waals surface area contributed by atoms with Gasteiger partial charge in [-0.3, -0.25) is 0 Å². The van der Waals surface area contributed by atoms with Gasteiger partial charge in [0.1, 0.15) is 0 Å². The van der Waals surface area contributed by atoms with Crippen LogP contribution < -0.4 is 10.6 Å². The second-order valence-corrected chi connectivity index (χ2v) is 9.64. The van der Waals surface area contributed by atoms with E-state index in [9.17, 15) is 9.59 Å². The Labute approximate surface area is 151 Å². The van der Waals surface area contributed by atoms with Crippen molar-refractivity contribution in [3.63, 3.8) is 0 Å². The number of carboxylic acid groups (broad SMARTS) is 1. The van der Waals surface area contributed by atoms with Gasteiger partial charge in [0.05, 0.1) is 0 Å². The number of carbonyl (C=O) groups excluding carboxylic acids is 1. The monoisotopic (exact) mass is 376 g/mol. The largest absolute Gasteiger partial charge is 0.500 e. The smallest absolute Gasteiger partial charge is 0.478 e. The van der Waals surface area contributed by atoms with E-state index in [4.69, 9.17) is 18.4 Å². The van der Waals surface area contributed by atoms with Crippen LogP contribution in [0.15, 0.2) is 11.6 Å². The zero-order valence-electron chi connectivity index (χ0n) is 16.1. The fraction of sp³-hybridized carbons (Fsp3) is 0.750. The second-order valence-electron chi connectivity index (χ2n) is 6.55. The molecule has 0 saturated carbocycles. The second kappa shape index (κ2) is 11.2. The standard InChI is InChI=1S/C16H32N2O6Si/c1-13(14(19)20)8-7-10-17-15(21)18-12-16(2,3)9-11-25(22-4,23-5)24-6/h8H,7,9-12H2,1-6H3,(H,19,20)(H2,17,18,21). The van der Waals surface area contributed by atoms with Gasteiger partial charge in [-0.25, -0.2) is 9.59 Å². The number of carboxylic acids is 1. The lowest BCUT2D eigenvalue weighted by atomic mass is 9.90. The molecule has 0 aromatic heterocycles. The third-order valence-electron chi connectivity index (χ3n) is 3.99. The van der Waals surface area contributed by atoms with Crippen molar-refractivity contribution < 1.29 is 28.0 Å². The number of nitrogens with one attached hydrogen (secondary N) is 2. The van der Waals surface area contributed by atoms with E-state index in [1.165, 1.54) is 6.92 Å². The Hall–Kier alpha value is -1.42. The summed E-state index contributed by atoms with van der Waals surface area (Å²) in [5.41, 5.74) is 0.121. The summed E-state index contributed by atoms with van der Waals surface area (Å²) in [6.45, 7) is 6.49. The molecule has 8 nitrogen and oxygen atoms in total. The molecule has 9 heteroatoms. The Morgan fingerprint density at radius 1 is 1.12 bits per heavy atom. The number of amides is 2. The van der Waals surface area contributed by atoms with Crippen LogP contribution in [0.1, 0.15) is 33.6 Å². The molecule has 0 fully saturated rings. The van der Waals surface area contributed by atoms with Crippen LogP contribution in [-0.2, 0) is 18.1 Å². The summed E-state index contributed by atoms with van der Waals surface area (Å²) in [7, 11) is 2.13. The van der Waals surface area contributed by atoms with Crippen molar-refractivity contribution >= 4 is 20.8 Å². The van der Waals surface area contributed by atoms with E-state index >= 15 is 0 Å². The summed E-state index contributed by atoms with van der Waals surface area (Å²) in [5.74, 6) is -0.950. The summed E-state index contributed by atoms with van der Waals surface area (Å²) in [4.78, 5) is 22.5. The van der Waals surface area contributed by atoms with Gasteiger partial charge in [-0.1, -0.05) is 19.9 Å². The van der Waals surface area contributed by atoms with Gasteiger partial charge in [-0.15, -0.1) is 0 Å². The Kier molecular flexibility index (Phi) is 10.6. The fourth-order valence-electron chi connectivity index (χ4n) is 2.08. The highest BCUT2D eigenvalue weighted by molar-refractivity contribution is 6.60. The molecule has 25 heavy (non-hydrogen) atoms. The van der Waals surface area contributed by atoms with Gasteiger partial charge >= 0.3 is 20.8 Å². The van der Waals surface area contributed by atoms with E-state index in [0.29, 0.717) is 25.6 Å². The molecule has 0 aliphatic rings. The fourth-order valence-corrected chi connectivity index (χ4v) is 4.18. The van der Waals surface area contributed by atoms with Crippen molar-refractivity contribution in [1.82, 2.24) is 10.6 Å². The number of carbonyl (C=O) groups is 2. The van der Waals surface area contributed by atoms with Crippen molar-refractivity contribution in [3.05, 3.63) is 11.6 Å². The van der Waals surface area contributed by atoms with Gasteiger partial charge in [-0.2, -0.15) is 0 Å². The van der Waals surface area contributed by atoms with E-state index in [2.05, 4.69) is 10.6 Å². The molecule has 0 aliphatic heterocycles. The SMILES string of the molecule is CO[Si](CCC(C)(C)CNC(=O)NCCC=C(C)C(=O)O)(OC)OC. The van der Waals surface area contributed by atoms with Gasteiger partial charge in [0.2, 0.25) is 0 Å². The van der Waals surface area contributed by atoms with E-state index in [1.54, 1.807) is 27.4 Å². The minimum absolute atomic E-state index is 0.148. The highest BCUT2D eigenvalue weighted by Gasteiger charge is 2.39.